The van der Waals surface area contributed by atoms with E-state index in [0.29, 0.717) is 30.7 Å². The van der Waals surface area contributed by atoms with Gasteiger partial charge in [-0.25, -0.2) is 9.78 Å². The summed E-state index contributed by atoms with van der Waals surface area (Å²) in [6.45, 7) is 12.3. The Balaban J connectivity index is 1.72. The molecule has 2 fully saturated rings. The molecule has 5 heterocycles. The molecule has 0 bridgehead atoms. The standard InChI is InChI=1S/C32H41N3O7/c1-18(2)12-14-40-28-26-21-11-10-20(39-7)16-23(21)34-25(15-19(3)4)41-42-31(5,6)17-24(27(26)34)35-29(36)22-9-8-13-33(22)30(37)32(28,35)38/h10-12,15-16,22,24-25,28,38H,8-9,13-14,17H2,1-7H3/t22-,24-,25+,28+,32-/m0/s1. The molecule has 0 spiro atoms. The van der Waals surface area contributed by atoms with Gasteiger partial charge in [0.2, 0.25) is 5.91 Å². The minimum absolute atomic E-state index is 0.156. The van der Waals surface area contributed by atoms with Crippen molar-refractivity contribution in [3.05, 3.63) is 52.8 Å². The lowest BCUT2D eigenvalue weighted by Gasteiger charge is -2.56. The van der Waals surface area contributed by atoms with Crippen LogP contribution in [-0.4, -0.2) is 68.9 Å². The lowest BCUT2D eigenvalue weighted by molar-refractivity contribution is -0.390. The molecule has 4 aliphatic rings. The van der Waals surface area contributed by atoms with Crippen LogP contribution in [0.1, 0.15) is 90.4 Å². The summed E-state index contributed by atoms with van der Waals surface area (Å²) in [6, 6.07) is 4.37. The molecule has 10 heteroatoms. The molecule has 6 rings (SSSR count). The summed E-state index contributed by atoms with van der Waals surface area (Å²) in [4.78, 5) is 43.9. The third-order valence-corrected chi connectivity index (χ3v) is 8.81. The Morgan fingerprint density at radius 1 is 1.14 bits per heavy atom. The zero-order chi connectivity index (χ0) is 30.1. The van der Waals surface area contributed by atoms with Crippen LogP contribution < -0.4 is 4.74 Å². The van der Waals surface area contributed by atoms with E-state index in [4.69, 9.17) is 19.2 Å². The van der Waals surface area contributed by atoms with Crippen molar-refractivity contribution in [2.75, 3.05) is 20.3 Å². The Morgan fingerprint density at radius 3 is 2.60 bits per heavy atom. The fourth-order valence-corrected chi connectivity index (χ4v) is 7.02. The molecule has 2 aromatic rings. The number of piperazine rings is 1. The van der Waals surface area contributed by atoms with Crippen LogP contribution in [-0.2, 0) is 24.1 Å². The van der Waals surface area contributed by atoms with Crippen molar-refractivity contribution < 1.29 is 33.9 Å². The predicted molar refractivity (Wildman–Crippen MR) is 155 cm³/mol. The molecule has 0 unspecified atom stereocenters. The van der Waals surface area contributed by atoms with Crippen LogP contribution in [0.15, 0.2) is 41.5 Å². The maximum Gasteiger partial charge on any atom is 0.279 e. The second-order valence-corrected chi connectivity index (χ2v) is 12.9. The average molecular weight is 580 g/mol. The zero-order valence-corrected chi connectivity index (χ0v) is 25.5. The van der Waals surface area contributed by atoms with Crippen LogP contribution in [0.5, 0.6) is 5.75 Å². The normalized spacial score (nSPS) is 29.8. The second kappa shape index (κ2) is 10.2. The summed E-state index contributed by atoms with van der Waals surface area (Å²) < 4.78 is 14.1. The number of nitrogens with zero attached hydrogens (tertiary/aromatic N) is 3. The number of hydrogen-bond donors (Lipinski definition) is 1. The van der Waals surface area contributed by atoms with Crippen molar-refractivity contribution in [3.8, 4) is 5.75 Å². The number of amides is 2. The highest BCUT2D eigenvalue weighted by Gasteiger charge is 2.67. The number of methoxy groups -OCH3 is 1. The van der Waals surface area contributed by atoms with Crippen LogP contribution >= 0.6 is 0 Å². The number of rotatable bonds is 5. The third-order valence-electron chi connectivity index (χ3n) is 8.81. The van der Waals surface area contributed by atoms with Gasteiger partial charge in [-0.1, -0.05) is 17.2 Å². The first kappa shape index (κ1) is 28.9. The lowest BCUT2D eigenvalue weighted by Crippen LogP contribution is -2.74. The van der Waals surface area contributed by atoms with E-state index in [9.17, 15) is 14.7 Å². The Hall–Kier alpha value is -3.18. The van der Waals surface area contributed by atoms with Gasteiger partial charge in [-0.3, -0.25) is 14.5 Å². The topological polar surface area (TPSA) is 103 Å². The number of carbonyl (C=O) groups is 2. The summed E-state index contributed by atoms with van der Waals surface area (Å²) in [6.07, 6.45) is 3.56. The van der Waals surface area contributed by atoms with E-state index in [1.165, 1.54) is 4.90 Å². The van der Waals surface area contributed by atoms with Gasteiger partial charge in [0.25, 0.3) is 11.6 Å². The van der Waals surface area contributed by atoms with Crippen molar-refractivity contribution >= 4 is 22.7 Å². The molecular formula is C32H41N3O7. The second-order valence-electron chi connectivity index (χ2n) is 12.9. The van der Waals surface area contributed by atoms with Gasteiger partial charge < -0.3 is 24.0 Å². The van der Waals surface area contributed by atoms with E-state index >= 15 is 0 Å². The van der Waals surface area contributed by atoms with Gasteiger partial charge in [-0.2, -0.15) is 0 Å². The van der Waals surface area contributed by atoms with E-state index in [-0.39, 0.29) is 18.9 Å². The minimum Gasteiger partial charge on any atom is -0.497 e. The number of hydrogen-bond acceptors (Lipinski definition) is 7. The molecule has 1 aromatic carbocycles. The molecule has 1 aromatic heterocycles. The summed E-state index contributed by atoms with van der Waals surface area (Å²) in [5.41, 5.74) is 1.13. The minimum atomic E-state index is -2.24. The monoisotopic (exact) mass is 579 g/mol. The maximum absolute atomic E-state index is 14.4. The van der Waals surface area contributed by atoms with E-state index in [0.717, 1.165) is 27.7 Å². The van der Waals surface area contributed by atoms with Gasteiger partial charge in [0.15, 0.2) is 6.23 Å². The molecule has 226 valence electrons. The molecule has 0 radical (unpaired) electrons. The quantitative estimate of drug-likeness (QED) is 0.399. The number of allylic oxidation sites excluding steroid dienone is 2. The SMILES string of the molecule is COc1ccc2c3c4n(c2c1)[C@@H](C=C(C)C)OOC(C)(C)C[C@@H]4N1C(=O)[C@@H]2CCCN2C(=O)[C@@]1(O)[C@@H]3OCC=C(C)C. The molecule has 4 aliphatic heterocycles. The summed E-state index contributed by atoms with van der Waals surface area (Å²) in [5, 5.41) is 13.5. The Bertz CT molecular complexity index is 1500. The molecule has 0 saturated carbocycles. The number of carbonyl (C=O) groups excluding carboxylic acids is 2. The first-order valence-corrected chi connectivity index (χ1v) is 14.7. The molecule has 2 saturated heterocycles. The fraction of sp³-hybridized carbons (Fsp3) is 0.562. The van der Waals surface area contributed by atoms with Gasteiger partial charge in [0, 0.05) is 30.0 Å². The van der Waals surface area contributed by atoms with E-state index in [1.54, 1.807) is 12.0 Å². The van der Waals surface area contributed by atoms with Crippen molar-refractivity contribution in [2.24, 2.45) is 0 Å². The highest BCUT2D eigenvalue weighted by molar-refractivity contribution is 6.02. The van der Waals surface area contributed by atoms with Crippen molar-refractivity contribution in [3.63, 3.8) is 0 Å². The summed E-state index contributed by atoms with van der Waals surface area (Å²) >= 11 is 0. The van der Waals surface area contributed by atoms with Crippen LogP contribution in [0.25, 0.3) is 10.9 Å². The average Bonchev–Trinajstić information content (AvgIpc) is 3.54. The maximum atomic E-state index is 14.4. The van der Waals surface area contributed by atoms with Crippen LogP contribution in [0.3, 0.4) is 0 Å². The molecular weight excluding hydrogens is 538 g/mol. The van der Waals surface area contributed by atoms with Crippen molar-refractivity contribution in [1.82, 2.24) is 14.4 Å². The highest BCUT2D eigenvalue weighted by Crippen LogP contribution is 2.56. The lowest BCUT2D eigenvalue weighted by atomic mass is 9.79. The van der Waals surface area contributed by atoms with E-state index in [1.807, 2.05) is 76.5 Å². The van der Waals surface area contributed by atoms with Gasteiger partial charge in [-0.05, 0) is 72.6 Å². The van der Waals surface area contributed by atoms with Gasteiger partial charge in [-0.15, -0.1) is 0 Å². The van der Waals surface area contributed by atoms with Crippen LogP contribution in [0, 0.1) is 0 Å². The molecule has 1 N–H and O–H groups in total. The van der Waals surface area contributed by atoms with Gasteiger partial charge in [0.1, 0.15) is 23.5 Å². The van der Waals surface area contributed by atoms with Crippen LogP contribution in [0.2, 0.25) is 0 Å². The number of aromatic nitrogens is 1. The largest absolute Gasteiger partial charge is 0.497 e. The zero-order valence-electron chi connectivity index (χ0n) is 25.5. The van der Waals surface area contributed by atoms with E-state index in [2.05, 4.69) is 0 Å². The van der Waals surface area contributed by atoms with Crippen LogP contribution in [0.4, 0.5) is 0 Å². The predicted octanol–water partition coefficient (Wildman–Crippen LogP) is 4.85. The number of benzene rings is 1. The Labute approximate surface area is 246 Å². The summed E-state index contributed by atoms with van der Waals surface area (Å²) in [7, 11) is 1.61. The summed E-state index contributed by atoms with van der Waals surface area (Å²) in [5.74, 6) is -0.133. The molecule has 42 heavy (non-hydrogen) atoms. The first-order chi connectivity index (χ1) is 19.9. The molecule has 5 atom stereocenters. The first-order valence-electron chi connectivity index (χ1n) is 14.7. The third kappa shape index (κ3) is 4.30. The smallest absolute Gasteiger partial charge is 0.279 e. The Kier molecular flexibility index (Phi) is 7.04. The highest BCUT2D eigenvalue weighted by atomic mass is 17.2. The molecule has 10 nitrogen and oxygen atoms in total. The van der Waals surface area contributed by atoms with E-state index < -0.39 is 41.6 Å². The Morgan fingerprint density at radius 2 is 1.90 bits per heavy atom. The number of aliphatic hydroxyl groups is 1. The number of ether oxygens (including phenoxy) is 2. The van der Waals surface area contributed by atoms with Gasteiger partial charge in [0.05, 0.1) is 31.0 Å². The number of fused-ring (bicyclic) bond motifs is 6. The molecule has 2 amide bonds. The molecule has 0 aliphatic carbocycles. The van der Waals surface area contributed by atoms with Crippen molar-refractivity contribution in [1.29, 1.82) is 0 Å². The van der Waals surface area contributed by atoms with Gasteiger partial charge >= 0.3 is 0 Å². The van der Waals surface area contributed by atoms with Crippen molar-refractivity contribution in [2.45, 2.75) is 96.5 Å². The fourth-order valence-electron chi connectivity index (χ4n) is 7.02.